The van der Waals surface area contributed by atoms with E-state index in [2.05, 4.69) is 10.4 Å². The van der Waals surface area contributed by atoms with E-state index in [-0.39, 0.29) is 11.3 Å². The summed E-state index contributed by atoms with van der Waals surface area (Å²) in [4.78, 5) is 25.5. The Bertz CT molecular complexity index is 1400. The van der Waals surface area contributed by atoms with Crippen molar-refractivity contribution in [2.45, 2.75) is 32.0 Å². The second-order valence-corrected chi connectivity index (χ2v) is 7.68. The van der Waals surface area contributed by atoms with Gasteiger partial charge < -0.3 is 10.1 Å². The maximum atomic E-state index is 15.1. The van der Waals surface area contributed by atoms with Crippen LogP contribution < -0.4 is 15.7 Å². The Balaban J connectivity index is 1.77. The molecule has 0 aliphatic carbocycles. The summed E-state index contributed by atoms with van der Waals surface area (Å²) in [6.45, 7) is -1.43. The fourth-order valence-electron chi connectivity index (χ4n) is 3.63. The van der Waals surface area contributed by atoms with E-state index in [0.29, 0.717) is 36.0 Å². The summed E-state index contributed by atoms with van der Waals surface area (Å²) in [5, 5.41) is 15.5. The number of fused-ring (bicyclic) bond motifs is 1. The van der Waals surface area contributed by atoms with Crippen LogP contribution >= 0.6 is 0 Å². The Labute approximate surface area is 194 Å². The lowest BCUT2D eigenvalue weighted by molar-refractivity contribution is -0.153. The number of carbonyl (C=O) groups excluding carboxylic acids is 1. The van der Waals surface area contributed by atoms with Gasteiger partial charge in [0.15, 0.2) is 6.61 Å². The van der Waals surface area contributed by atoms with Crippen LogP contribution in [-0.2, 0) is 13.0 Å². The molecule has 2 aromatic carbocycles. The minimum Gasteiger partial charge on any atom is -0.483 e. The highest BCUT2D eigenvalue weighted by Crippen LogP contribution is 2.29. The molecule has 182 valence electrons. The Morgan fingerprint density at radius 1 is 1.20 bits per heavy atom. The van der Waals surface area contributed by atoms with Gasteiger partial charge in [0.1, 0.15) is 35.0 Å². The number of carbonyl (C=O) groups is 1. The molecule has 2 heterocycles. The third-order valence-corrected chi connectivity index (χ3v) is 5.23. The lowest BCUT2D eigenvalue weighted by Crippen LogP contribution is -2.27. The zero-order chi connectivity index (χ0) is 25.3. The van der Waals surface area contributed by atoms with Crippen molar-refractivity contribution < 1.29 is 31.5 Å². The molecule has 4 rings (SSSR count). The van der Waals surface area contributed by atoms with Crippen LogP contribution in [0.3, 0.4) is 0 Å². The van der Waals surface area contributed by atoms with E-state index in [1.165, 1.54) is 4.57 Å². The fourth-order valence-corrected chi connectivity index (χ4v) is 3.63. The van der Waals surface area contributed by atoms with E-state index in [1.807, 2.05) is 0 Å². The van der Waals surface area contributed by atoms with Crippen molar-refractivity contribution in [3.8, 4) is 17.5 Å². The van der Waals surface area contributed by atoms with Gasteiger partial charge >= 0.3 is 11.9 Å². The smallest absolute Gasteiger partial charge is 0.422 e. The molecule has 0 radical (unpaired) electrons. The number of anilines is 1. The van der Waals surface area contributed by atoms with Gasteiger partial charge in [-0.15, -0.1) is 5.10 Å². The third-order valence-electron chi connectivity index (χ3n) is 5.23. The number of alkyl halides is 3. The Morgan fingerprint density at radius 3 is 2.66 bits per heavy atom. The summed E-state index contributed by atoms with van der Waals surface area (Å²) in [6, 6.07) is 5.92. The van der Waals surface area contributed by atoms with Crippen molar-refractivity contribution >= 4 is 11.6 Å². The number of hydrogen-bond acceptors (Lipinski definition) is 5. The van der Waals surface area contributed by atoms with Crippen LogP contribution in [0.2, 0.25) is 0 Å². The molecule has 1 N–H and O–H groups in total. The number of nitriles is 1. The van der Waals surface area contributed by atoms with E-state index in [4.69, 9.17) is 10.00 Å². The van der Waals surface area contributed by atoms with Gasteiger partial charge in [-0.05, 0) is 37.1 Å². The first-order valence-corrected chi connectivity index (χ1v) is 10.3. The number of nitrogens with zero attached hydrogens (tertiary/aromatic N) is 4. The number of hydrogen-bond donors (Lipinski definition) is 1. The highest BCUT2D eigenvalue weighted by atomic mass is 19.4. The van der Waals surface area contributed by atoms with Crippen molar-refractivity contribution in [1.82, 2.24) is 14.3 Å². The first kappa shape index (κ1) is 23.9. The SMILES string of the molecule is N#Cc1cc(F)ccc1NC(=O)c1cc(F)c(-n2nc3n(c2=O)CCCC3)cc1OCC(F)(F)F. The van der Waals surface area contributed by atoms with Crippen molar-refractivity contribution in [2.24, 2.45) is 0 Å². The molecule has 0 bridgehead atoms. The zero-order valence-corrected chi connectivity index (χ0v) is 17.8. The number of nitrogens with one attached hydrogen (secondary N) is 1. The molecular formula is C22H16F5N5O3. The number of halogens is 5. The Kier molecular flexibility index (Phi) is 6.29. The van der Waals surface area contributed by atoms with Gasteiger partial charge in [0.2, 0.25) is 0 Å². The Hall–Kier alpha value is -4.21. The first-order chi connectivity index (χ1) is 16.6. The monoisotopic (exact) mass is 493 g/mol. The van der Waals surface area contributed by atoms with E-state index >= 15 is 4.39 Å². The average molecular weight is 493 g/mol. The summed E-state index contributed by atoms with van der Waals surface area (Å²) in [7, 11) is 0. The van der Waals surface area contributed by atoms with Crippen molar-refractivity contribution in [3.63, 3.8) is 0 Å². The van der Waals surface area contributed by atoms with Gasteiger partial charge in [0.25, 0.3) is 5.91 Å². The summed E-state index contributed by atoms with van der Waals surface area (Å²) in [5.41, 5.74) is -2.22. The molecule has 1 amide bonds. The lowest BCUT2D eigenvalue weighted by Gasteiger charge is -2.15. The van der Waals surface area contributed by atoms with Gasteiger partial charge in [0, 0.05) is 19.0 Å². The van der Waals surface area contributed by atoms with Crippen LogP contribution in [0, 0.1) is 23.0 Å². The molecule has 0 saturated heterocycles. The van der Waals surface area contributed by atoms with E-state index < -0.39 is 53.0 Å². The number of rotatable bonds is 5. The first-order valence-electron chi connectivity index (χ1n) is 10.3. The normalized spacial score (nSPS) is 13.1. The van der Waals surface area contributed by atoms with Crippen LogP contribution in [0.25, 0.3) is 5.69 Å². The summed E-state index contributed by atoms with van der Waals surface area (Å²) in [5.74, 6) is -3.26. The molecule has 8 nitrogen and oxygen atoms in total. The largest absolute Gasteiger partial charge is 0.483 e. The van der Waals surface area contributed by atoms with Gasteiger partial charge in [-0.1, -0.05) is 0 Å². The van der Waals surface area contributed by atoms with Gasteiger partial charge in [-0.2, -0.15) is 23.1 Å². The maximum absolute atomic E-state index is 15.1. The molecule has 1 aliphatic heterocycles. The topological polar surface area (TPSA) is 102 Å². The molecule has 0 spiro atoms. The molecule has 0 fully saturated rings. The molecule has 3 aromatic rings. The second-order valence-electron chi connectivity index (χ2n) is 7.68. The minimum atomic E-state index is -4.78. The second kappa shape index (κ2) is 9.21. The minimum absolute atomic E-state index is 0.150. The fraction of sp³-hybridized carbons (Fsp3) is 0.273. The molecule has 0 saturated carbocycles. The van der Waals surface area contributed by atoms with Gasteiger partial charge in [-0.3, -0.25) is 9.36 Å². The number of aromatic nitrogens is 3. The number of aryl methyl sites for hydroxylation is 1. The quantitative estimate of drug-likeness (QED) is 0.546. The maximum Gasteiger partial charge on any atom is 0.422 e. The number of benzene rings is 2. The molecular weight excluding hydrogens is 477 g/mol. The van der Waals surface area contributed by atoms with E-state index in [9.17, 15) is 27.2 Å². The zero-order valence-electron chi connectivity index (χ0n) is 17.8. The van der Waals surface area contributed by atoms with Crippen molar-refractivity contribution in [2.75, 3.05) is 11.9 Å². The molecule has 13 heteroatoms. The third kappa shape index (κ3) is 5.01. The van der Waals surface area contributed by atoms with Crippen molar-refractivity contribution in [1.29, 1.82) is 5.26 Å². The standard InChI is InChI=1S/C22H16F5N5O3/c23-13-4-5-16(12(7-13)10-28)29-20(33)14-8-15(24)17(9-18(14)35-11-22(25,26)27)32-21(34)31-6-2-1-3-19(31)30-32/h4-5,7-9H,1-3,6,11H2,(H,29,33). The van der Waals surface area contributed by atoms with E-state index in [1.54, 1.807) is 6.07 Å². The van der Waals surface area contributed by atoms with Gasteiger partial charge in [0.05, 0.1) is 16.8 Å². The highest BCUT2D eigenvalue weighted by Gasteiger charge is 2.30. The predicted octanol–water partition coefficient (Wildman–Crippen LogP) is 3.71. The highest BCUT2D eigenvalue weighted by molar-refractivity contribution is 6.07. The number of amides is 1. The molecule has 35 heavy (non-hydrogen) atoms. The van der Waals surface area contributed by atoms with Crippen molar-refractivity contribution in [3.05, 3.63) is 69.4 Å². The van der Waals surface area contributed by atoms with E-state index in [0.717, 1.165) is 30.7 Å². The van der Waals surface area contributed by atoms with Crippen LogP contribution in [0.4, 0.5) is 27.6 Å². The van der Waals surface area contributed by atoms with Crippen LogP contribution in [0.1, 0.15) is 34.6 Å². The summed E-state index contributed by atoms with van der Waals surface area (Å²) in [6.07, 6.45) is -2.82. The molecule has 0 atom stereocenters. The predicted molar refractivity (Wildman–Crippen MR) is 111 cm³/mol. The Morgan fingerprint density at radius 2 is 1.97 bits per heavy atom. The summed E-state index contributed by atoms with van der Waals surface area (Å²) < 4.78 is 73.8. The molecule has 1 aromatic heterocycles. The summed E-state index contributed by atoms with van der Waals surface area (Å²) >= 11 is 0. The lowest BCUT2D eigenvalue weighted by atomic mass is 10.1. The van der Waals surface area contributed by atoms with Crippen LogP contribution in [0.5, 0.6) is 5.75 Å². The molecule has 1 aliphatic rings. The average Bonchev–Trinajstić information content (AvgIpc) is 3.15. The van der Waals surface area contributed by atoms with Gasteiger partial charge in [-0.25, -0.2) is 13.6 Å². The van der Waals surface area contributed by atoms with Crippen LogP contribution in [-0.4, -0.2) is 33.0 Å². The van der Waals surface area contributed by atoms with Crippen LogP contribution in [0.15, 0.2) is 35.1 Å². The molecule has 0 unspecified atom stereocenters. The number of ether oxygens (including phenoxy) is 1.